The van der Waals surface area contributed by atoms with Crippen LogP contribution < -0.4 is 5.73 Å². The Balaban J connectivity index is 2.19. The number of anilines is 1. The number of hydrogen-bond acceptors (Lipinski definition) is 2. The molecule has 0 aliphatic heterocycles. The fourth-order valence-corrected chi connectivity index (χ4v) is 1.88. The molecule has 0 heterocycles. The number of carbonyl (C=O) groups is 1. The smallest absolute Gasteiger partial charge is 0.254 e. The molecule has 1 amide bonds. The molecule has 3 nitrogen and oxygen atoms in total. The third-order valence-electron chi connectivity index (χ3n) is 3.11. The van der Waals surface area contributed by atoms with E-state index in [0.29, 0.717) is 11.6 Å². The van der Waals surface area contributed by atoms with Gasteiger partial charge in [0.05, 0.1) is 0 Å². The second kappa shape index (κ2) is 4.12. The summed E-state index contributed by atoms with van der Waals surface area (Å²) in [6.07, 6.45) is 3.23. The predicted octanol–water partition coefficient (Wildman–Crippen LogP) is 2.03. The summed E-state index contributed by atoms with van der Waals surface area (Å²) in [5, 5.41) is 0. The van der Waals surface area contributed by atoms with Gasteiger partial charge < -0.3 is 10.6 Å². The normalized spacial score (nSPS) is 15.6. The molecule has 1 fully saturated rings. The molecular formula is C12H15FN2O. The van der Waals surface area contributed by atoms with Gasteiger partial charge >= 0.3 is 0 Å². The molecule has 0 spiro atoms. The van der Waals surface area contributed by atoms with Gasteiger partial charge in [-0.2, -0.15) is 0 Å². The minimum absolute atomic E-state index is 0.157. The Bertz CT molecular complexity index is 395. The van der Waals surface area contributed by atoms with Crippen molar-refractivity contribution in [3.63, 3.8) is 0 Å². The number of nitrogen functional groups attached to an aromatic ring is 1. The Morgan fingerprint density at radius 3 is 2.62 bits per heavy atom. The molecule has 1 saturated carbocycles. The first-order chi connectivity index (χ1) is 7.58. The first-order valence-electron chi connectivity index (χ1n) is 5.41. The molecule has 1 aromatic carbocycles. The number of nitrogens with zero attached hydrogens (tertiary/aromatic N) is 1. The molecule has 0 aromatic heterocycles. The van der Waals surface area contributed by atoms with E-state index in [1.54, 1.807) is 11.9 Å². The summed E-state index contributed by atoms with van der Waals surface area (Å²) in [5.74, 6) is -0.624. The highest BCUT2D eigenvalue weighted by molar-refractivity contribution is 5.95. The van der Waals surface area contributed by atoms with E-state index in [1.807, 2.05) is 0 Å². The van der Waals surface area contributed by atoms with Crippen LogP contribution in [0.4, 0.5) is 10.1 Å². The van der Waals surface area contributed by atoms with Crippen LogP contribution in [0.2, 0.25) is 0 Å². The third-order valence-corrected chi connectivity index (χ3v) is 3.11. The van der Waals surface area contributed by atoms with E-state index in [4.69, 9.17) is 5.73 Å². The van der Waals surface area contributed by atoms with Gasteiger partial charge in [-0.25, -0.2) is 4.39 Å². The standard InChI is InChI=1S/C12H15FN2O/c1-15(11-3-2-4-11)12(16)8-5-9(13)7-10(14)6-8/h5-7,11H,2-4,14H2,1H3. The van der Waals surface area contributed by atoms with Crippen LogP contribution in [0.1, 0.15) is 29.6 Å². The van der Waals surface area contributed by atoms with Crippen molar-refractivity contribution in [1.29, 1.82) is 0 Å². The Hall–Kier alpha value is -1.58. The number of hydrogen-bond donors (Lipinski definition) is 1. The van der Waals surface area contributed by atoms with Crippen LogP contribution in [0, 0.1) is 5.82 Å². The minimum Gasteiger partial charge on any atom is -0.399 e. The van der Waals surface area contributed by atoms with Crippen LogP contribution >= 0.6 is 0 Å². The van der Waals surface area contributed by atoms with Crippen molar-refractivity contribution < 1.29 is 9.18 Å². The van der Waals surface area contributed by atoms with Crippen molar-refractivity contribution >= 4 is 11.6 Å². The van der Waals surface area contributed by atoms with Gasteiger partial charge in [0.1, 0.15) is 5.82 Å². The molecule has 0 bridgehead atoms. The van der Waals surface area contributed by atoms with Gasteiger partial charge in [0.2, 0.25) is 0 Å². The average Bonchev–Trinajstić information content (AvgIpc) is 2.12. The fraction of sp³-hybridized carbons (Fsp3) is 0.417. The van der Waals surface area contributed by atoms with Crippen LogP contribution in [-0.4, -0.2) is 23.9 Å². The predicted molar refractivity (Wildman–Crippen MR) is 60.5 cm³/mol. The minimum atomic E-state index is -0.467. The molecule has 4 heteroatoms. The highest BCUT2D eigenvalue weighted by Gasteiger charge is 2.26. The molecule has 16 heavy (non-hydrogen) atoms. The summed E-state index contributed by atoms with van der Waals surface area (Å²) in [6.45, 7) is 0. The summed E-state index contributed by atoms with van der Waals surface area (Å²) in [5.41, 5.74) is 6.12. The summed E-state index contributed by atoms with van der Waals surface area (Å²) >= 11 is 0. The molecule has 0 saturated heterocycles. The van der Waals surface area contributed by atoms with Gasteiger partial charge in [0, 0.05) is 24.3 Å². The zero-order chi connectivity index (χ0) is 11.7. The highest BCUT2D eigenvalue weighted by atomic mass is 19.1. The van der Waals surface area contributed by atoms with Crippen molar-refractivity contribution in [3.8, 4) is 0 Å². The maximum Gasteiger partial charge on any atom is 0.254 e. The molecule has 1 aromatic rings. The number of halogens is 1. The zero-order valence-electron chi connectivity index (χ0n) is 9.24. The van der Waals surface area contributed by atoms with Gasteiger partial charge in [-0.3, -0.25) is 4.79 Å². The number of amides is 1. The number of benzene rings is 1. The lowest BCUT2D eigenvalue weighted by Gasteiger charge is -2.34. The molecule has 2 rings (SSSR count). The Morgan fingerprint density at radius 1 is 1.44 bits per heavy atom. The largest absolute Gasteiger partial charge is 0.399 e. The molecule has 0 atom stereocenters. The zero-order valence-corrected chi connectivity index (χ0v) is 9.24. The lowest BCUT2D eigenvalue weighted by molar-refractivity contribution is 0.0651. The number of nitrogens with two attached hydrogens (primary N) is 1. The molecule has 1 aliphatic rings. The number of rotatable bonds is 2. The molecular weight excluding hydrogens is 207 g/mol. The van der Waals surface area contributed by atoms with E-state index in [1.165, 1.54) is 18.2 Å². The molecule has 86 valence electrons. The fourth-order valence-electron chi connectivity index (χ4n) is 1.88. The topological polar surface area (TPSA) is 46.3 Å². The van der Waals surface area contributed by atoms with E-state index in [0.717, 1.165) is 19.3 Å². The Morgan fingerprint density at radius 2 is 2.12 bits per heavy atom. The first kappa shape index (κ1) is 10.9. The van der Waals surface area contributed by atoms with Crippen LogP contribution in [-0.2, 0) is 0 Å². The molecule has 2 N–H and O–H groups in total. The highest BCUT2D eigenvalue weighted by Crippen LogP contribution is 2.25. The van der Waals surface area contributed by atoms with Crippen LogP contribution in [0.5, 0.6) is 0 Å². The third kappa shape index (κ3) is 2.01. The van der Waals surface area contributed by atoms with Crippen molar-refractivity contribution in [2.45, 2.75) is 25.3 Å². The maximum absolute atomic E-state index is 13.1. The average molecular weight is 222 g/mol. The lowest BCUT2D eigenvalue weighted by Crippen LogP contribution is -2.41. The molecule has 0 unspecified atom stereocenters. The maximum atomic E-state index is 13.1. The Labute approximate surface area is 94.0 Å². The van der Waals surface area contributed by atoms with E-state index in [2.05, 4.69) is 0 Å². The molecule has 1 aliphatic carbocycles. The second-order valence-corrected chi connectivity index (χ2v) is 4.27. The van der Waals surface area contributed by atoms with Gasteiger partial charge in [0.25, 0.3) is 5.91 Å². The summed E-state index contributed by atoms with van der Waals surface area (Å²) in [4.78, 5) is 13.7. The Kier molecular flexibility index (Phi) is 2.81. The van der Waals surface area contributed by atoms with Gasteiger partial charge in [-0.05, 0) is 37.5 Å². The number of carbonyl (C=O) groups excluding carboxylic acids is 1. The van der Waals surface area contributed by atoms with Crippen molar-refractivity contribution in [3.05, 3.63) is 29.6 Å². The van der Waals surface area contributed by atoms with Crippen LogP contribution in [0.25, 0.3) is 0 Å². The lowest BCUT2D eigenvalue weighted by atomic mass is 9.91. The monoisotopic (exact) mass is 222 g/mol. The van der Waals surface area contributed by atoms with Crippen molar-refractivity contribution in [2.75, 3.05) is 12.8 Å². The quantitative estimate of drug-likeness (QED) is 0.778. The summed E-state index contributed by atoms with van der Waals surface area (Å²) in [6, 6.07) is 4.26. The SMILES string of the molecule is CN(C(=O)c1cc(N)cc(F)c1)C1CCC1. The molecule has 0 radical (unpaired) electrons. The van der Waals surface area contributed by atoms with E-state index in [9.17, 15) is 9.18 Å². The second-order valence-electron chi connectivity index (χ2n) is 4.27. The summed E-state index contributed by atoms with van der Waals surface area (Å²) in [7, 11) is 1.76. The van der Waals surface area contributed by atoms with Crippen molar-refractivity contribution in [2.24, 2.45) is 0 Å². The van der Waals surface area contributed by atoms with Gasteiger partial charge in [-0.1, -0.05) is 0 Å². The first-order valence-corrected chi connectivity index (χ1v) is 5.41. The van der Waals surface area contributed by atoms with E-state index < -0.39 is 5.82 Å². The summed E-state index contributed by atoms with van der Waals surface area (Å²) < 4.78 is 13.1. The van der Waals surface area contributed by atoms with Crippen LogP contribution in [0.15, 0.2) is 18.2 Å². The van der Waals surface area contributed by atoms with Gasteiger partial charge in [-0.15, -0.1) is 0 Å². The van der Waals surface area contributed by atoms with E-state index in [-0.39, 0.29) is 11.6 Å². The van der Waals surface area contributed by atoms with E-state index >= 15 is 0 Å². The van der Waals surface area contributed by atoms with Crippen molar-refractivity contribution in [1.82, 2.24) is 4.90 Å². The van der Waals surface area contributed by atoms with Gasteiger partial charge in [0.15, 0.2) is 0 Å². The van der Waals surface area contributed by atoms with Crippen LogP contribution in [0.3, 0.4) is 0 Å².